The predicted molar refractivity (Wildman–Crippen MR) is 138 cm³/mol. The normalized spacial score (nSPS) is 12.0. The van der Waals surface area contributed by atoms with Crippen LogP contribution in [0.5, 0.6) is 5.75 Å². The summed E-state index contributed by atoms with van der Waals surface area (Å²) in [6, 6.07) is 20.0. The largest absolute Gasteiger partial charge is 0.494 e. The number of imidazole rings is 1. The van der Waals surface area contributed by atoms with Crippen molar-refractivity contribution in [2.24, 2.45) is 0 Å². The van der Waals surface area contributed by atoms with Gasteiger partial charge >= 0.3 is 0 Å². The first kappa shape index (κ1) is 23.8. The van der Waals surface area contributed by atoms with E-state index in [-0.39, 0.29) is 11.9 Å². The van der Waals surface area contributed by atoms with E-state index in [2.05, 4.69) is 35.0 Å². The van der Waals surface area contributed by atoms with E-state index in [1.165, 1.54) is 0 Å². The van der Waals surface area contributed by atoms with Gasteiger partial charge in [0.25, 0.3) is 0 Å². The van der Waals surface area contributed by atoms with Crippen molar-refractivity contribution in [1.29, 1.82) is 0 Å². The number of benzene rings is 2. The number of hydrogen-bond acceptors (Lipinski definition) is 3. The zero-order valence-electron chi connectivity index (χ0n) is 19.8. The molecular weight excluding hydrogens is 446 g/mol. The topological polar surface area (TPSA) is 55.6 Å². The van der Waals surface area contributed by atoms with E-state index in [0.717, 1.165) is 45.9 Å². The molecule has 1 N–H and O–H groups in total. The van der Waals surface area contributed by atoms with Crippen LogP contribution >= 0.6 is 11.6 Å². The number of nitrogens with zero attached hydrogens (tertiary/aromatic N) is 2. The van der Waals surface area contributed by atoms with Crippen molar-refractivity contribution in [3.05, 3.63) is 77.6 Å². The molecule has 2 aromatic carbocycles. The molecular formula is C28H30ClN3O2. The Morgan fingerprint density at radius 3 is 2.56 bits per heavy atom. The van der Waals surface area contributed by atoms with Crippen LogP contribution < -0.4 is 10.1 Å². The average molecular weight is 476 g/mol. The highest BCUT2D eigenvalue weighted by Crippen LogP contribution is 2.30. The van der Waals surface area contributed by atoms with Crippen LogP contribution in [0.3, 0.4) is 0 Å². The van der Waals surface area contributed by atoms with Crippen LogP contribution in [0.1, 0.15) is 39.3 Å². The molecule has 0 bridgehead atoms. The van der Waals surface area contributed by atoms with Crippen molar-refractivity contribution in [3.63, 3.8) is 0 Å². The molecule has 0 aliphatic heterocycles. The lowest BCUT2D eigenvalue weighted by atomic mass is 10.1. The van der Waals surface area contributed by atoms with Crippen LogP contribution in [-0.4, -0.2) is 27.9 Å². The lowest BCUT2D eigenvalue weighted by molar-refractivity contribution is -0.121. The van der Waals surface area contributed by atoms with Gasteiger partial charge in [0.15, 0.2) is 0 Å². The molecule has 4 aromatic rings. The third kappa shape index (κ3) is 5.42. The Morgan fingerprint density at radius 2 is 1.82 bits per heavy atom. The minimum atomic E-state index is 0.0481. The number of halogens is 1. The highest BCUT2D eigenvalue weighted by molar-refractivity contribution is 6.30. The molecule has 6 heteroatoms. The molecule has 2 heterocycles. The summed E-state index contributed by atoms with van der Waals surface area (Å²) < 4.78 is 7.78. The molecule has 0 saturated carbocycles. The van der Waals surface area contributed by atoms with Crippen molar-refractivity contribution in [2.75, 3.05) is 6.61 Å². The number of carbonyl (C=O) groups excluding carboxylic acids is 1. The van der Waals surface area contributed by atoms with Gasteiger partial charge in [-0.1, -0.05) is 42.8 Å². The molecule has 0 saturated heterocycles. The quantitative estimate of drug-likeness (QED) is 0.298. The number of nitrogens with one attached hydrogen (secondary N) is 1. The van der Waals surface area contributed by atoms with Crippen molar-refractivity contribution in [1.82, 2.24) is 14.7 Å². The van der Waals surface area contributed by atoms with Gasteiger partial charge in [-0.15, -0.1) is 0 Å². The molecule has 0 fully saturated rings. The Balaban J connectivity index is 1.75. The summed E-state index contributed by atoms with van der Waals surface area (Å²) in [4.78, 5) is 17.5. The monoisotopic (exact) mass is 475 g/mol. The van der Waals surface area contributed by atoms with Gasteiger partial charge in [0, 0.05) is 29.2 Å². The molecule has 0 unspecified atom stereocenters. The molecule has 0 aliphatic rings. The van der Waals surface area contributed by atoms with Gasteiger partial charge in [0.1, 0.15) is 11.4 Å². The van der Waals surface area contributed by atoms with Crippen LogP contribution in [0.15, 0.2) is 66.9 Å². The van der Waals surface area contributed by atoms with E-state index in [1.54, 1.807) is 0 Å². The summed E-state index contributed by atoms with van der Waals surface area (Å²) in [5, 5.41) is 3.74. The molecule has 0 spiro atoms. The van der Waals surface area contributed by atoms with Crippen LogP contribution in [-0.2, 0) is 11.2 Å². The number of aryl methyl sites for hydroxylation is 1. The fraction of sp³-hybridized carbons (Fsp3) is 0.286. The maximum atomic E-state index is 12.6. The number of fused-ring (bicyclic) bond motifs is 1. The lowest BCUT2D eigenvalue weighted by Gasteiger charge is -2.12. The van der Waals surface area contributed by atoms with Gasteiger partial charge in [0.2, 0.25) is 5.91 Å². The zero-order valence-corrected chi connectivity index (χ0v) is 20.6. The van der Waals surface area contributed by atoms with Gasteiger partial charge in [-0.2, -0.15) is 0 Å². The highest BCUT2D eigenvalue weighted by atomic mass is 35.5. The third-order valence-corrected chi connectivity index (χ3v) is 6.17. The number of rotatable bonds is 9. The first-order chi connectivity index (χ1) is 16.5. The minimum absolute atomic E-state index is 0.0481. The lowest BCUT2D eigenvalue weighted by Crippen LogP contribution is -2.32. The second-order valence-electron chi connectivity index (χ2n) is 8.40. The van der Waals surface area contributed by atoms with E-state index >= 15 is 0 Å². The van der Waals surface area contributed by atoms with Gasteiger partial charge in [0.05, 0.1) is 18.0 Å². The minimum Gasteiger partial charge on any atom is -0.494 e. The molecule has 176 valence electrons. The first-order valence-corrected chi connectivity index (χ1v) is 12.2. The number of aromatic nitrogens is 2. The second kappa shape index (κ2) is 10.7. The van der Waals surface area contributed by atoms with Crippen LogP contribution in [0.25, 0.3) is 28.0 Å². The third-order valence-electron chi connectivity index (χ3n) is 5.92. The fourth-order valence-corrected chi connectivity index (χ4v) is 4.08. The zero-order chi connectivity index (χ0) is 24.1. The highest BCUT2D eigenvalue weighted by Gasteiger charge is 2.17. The molecule has 5 nitrogen and oxygen atoms in total. The summed E-state index contributed by atoms with van der Waals surface area (Å²) in [6.45, 7) is 6.69. The van der Waals surface area contributed by atoms with Crippen molar-refractivity contribution in [2.45, 2.75) is 46.1 Å². The van der Waals surface area contributed by atoms with Crippen molar-refractivity contribution >= 4 is 23.2 Å². The number of pyridine rings is 1. The molecule has 1 amide bonds. The first-order valence-electron chi connectivity index (χ1n) is 11.8. The summed E-state index contributed by atoms with van der Waals surface area (Å²) >= 11 is 6.12. The Morgan fingerprint density at radius 1 is 1.06 bits per heavy atom. The van der Waals surface area contributed by atoms with E-state index in [0.29, 0.717) is 24.5 Å². The molecule has 2 aromatic heterocycles. The SMILES string of the molecule is CCOc1cccc(-c2ccc3nc(-c4ccc(Cl)cc4)c(CCC(=O)N[C@H](C)CC)n3c2)c1. The van der Waals surface area contributed by atoms with Crippen molar-refractivity contribution < 1.29 is 9.53 Å². The standard InChI is InChI=1S/C28H30ClN3O2/c1-4-19(3)30-27(33)16-14-25-28(20-9-12-23(29)13-10-20)31-26-15-11-22(18-32(25)26)21-7-6-8-24(17-21)34-5-2/h6-13,15,17-19H,4-5,14,16H2,1-3H3,(H,30,33)/t19-/m1/s1. The van der Waals surface area contributed by atoms with E-state index in [1.807, 2.05) is 62.4 Å². The average Bonchev–Trinajstić information content (AvgIpc) is 3.21. The van der Waals surface area contributed by atoms with E-state index in [9.17, 15) is 4.79 Å². The van der Waals surface area contributed by atoms with Gasteiger partial charge in [-0.05, 0) is 74.2 Å². The van der Waals surface area contributed by atoms with Crippen LogP contribution in [0.2, 0.25) is 5.02 Å². The molecule has 4 rings (SSSR count). The number of amides is 1. The Kier molecular flexibility index (Phi) is 7.53. The maximum Gasteiger partial charge on any atom is 0.220 e. The number of ether oxygens (including phenoxy) is 1. The second-order valence-corrected chi connectivity index (χ2v) is 8.83. The summed E-state index contributed by atoms with van der Waals surface area (Å²) in [5.74, 6) is 0.890. The van der Waals surface area contributed by atoms with Crippen molar-refractivity contribution in [3.8, 4) is 28.1 Å². The summed E-state index contributed by atoms with van der Waals surface area (Å²) in [7, 11) is 0. The smallest absolute Gasteiger partial charge is 0.220 e. The molecule has 1 atom stereocenters. The number of carbonyl (C=O) groups is 1. The van der Waals surface area contributed by atoms with Gasteiger partial charge in [-0.3, -0.25) is 4.79 Å². The van der Waals surface area contributed by atoms with E-state index < -0.39 is 0 Å². The Hall–Kier alpha value is -3.31. The fourth-order valence-electron chi connectivity index (χ4n) is 3.95. The predicted octanol–water partition coefficient (Wildman–Crippen LogP) is 6.57. The number of hydrogen-bond donors (Lipinski definition) is 1. The van der Waals surface area contributed by atoms with Crippen LogP contribution in [0.4, 0.5) is 0 Å². The molecule has 34 heavy (non-hydrogen) atoms. The Bertz CT molecular complexity index is 1280. The summed E-state index contributed by atoms with van der Waals surface area (Å²) in [5.41, 5.74) is 5.81. The maximum absolute atomic E-state index is 12.6. The molecule has 0 aliphatic carbocycles. The summed E-state index contributed by atoms with van der Waals surface area (Å²) in [6.07, 6.45) is 3.96. The Labute approximate surface area is 205 Å². The van der Waals surface area contributed by atoms with Gasteiger partial charge in [-0.25, -0.2) is 4.98 Å². The van der Waals surface area contributed by atoms with E-state index in [4.69, 9.17) is 21.3 Å². The van der Waals surface area contributed by atoms with Crippen LogP contribution in [0, 0.1) is 0 Å². The van der Waals surface area contributed by atoms with Gasteiger partial charge < -0.3 is 14.5 Å². The molecule has 0 radical (unpaired) electrons.